The van der Waals surface area contributed by atoms with Crippen LogP contribution in [0.15, 0.2) is 0 Å². The lowest BCUT2D eigenvalue weighted by Gasteiger charge is -2.28. The van der Waals surface area contributed by atoms with Crippen LogP contribution in [0.2, 0.25) is 0 Å². The first-order valence-electron chi connectivity index (χ1n) is 14.7. The molecule has 0 saturated heterocycles. The quantitative estimate of drug-likeness (QED) is 0.0720. The SMILES string of the molecule is CCCCCC[P+](CCCCC)(CCCCCC)CCCCCCCCCCCCS. The van der Waals surface area contributed by atoms with Crippen LogP contribution in [0.4, 0.5) is 0 Å². The molecular weight excluding hydrogens is 411 g/mol. The third kappa shape index (κ3) is 21.1. The highest BCUT2D eigenvalue weighted by molar-refractivity contribution is 7.80. The lowest BCUT2D eigenvalue weighted by Crippen LogP contribution is -2.13. The maximum atomic E-state index is 4.31. The first-order valence-corrected chi connectivity index (χ1v) is 17.9. The van der Waals surface area contributed by atoms with E-state index >= 15 is 0 Å². The van der Waals surface area contributed by atoms with Crippen molar-refractivity contribution in [2.45, 2.75) is 156 Å². The van der Waals surface area contributed by atoms with E-state index in [1.54, 1.807) is 31.1 Å². The van der Waals surface area contributed by atoms with Gasteiger partial charge in [0.25, 0.3) is 0 Å². The molecule has 0 saturated carbocycles. The van der Waals surface area contributed by atoms with Crippen molar-refractivity contribution in [3.63, 3.8) is 0 Å². The van der Waals surface area contributed by atoms with Crippen LogP contribution in [0.25, 0.3) is 0 Å². The topological polar surface area (TPSA) is 0 Å². The van der Waals surface area contributed by atoms with Crippen LogP contribution >= 0.6 is 19.9 Å². The second kappa shape index (κ2) is 25.4. The molecule has 0 unspecified atom stereocenters. The molecule has 0 fully saturated rings. The zero-order chi connectivity index (χ0) is 22.9. The van der Waals surface area contributed by atoms with Gasteiger partial charge in [0.1, 0.15) is 0 Å². The fourth-order valence-corrected chi connectivity index (χ4v) is 10.2. The van der Waals surface area contributed by atoms with Crippen LogP contribution < -0.4 is 0 Å². The molecule has 0 aliphatic carbocycles. The van der Waals surface area contributed by atoms with E-state index in [0.29, 0.717) is 0 Å². The standard InChI is InChI=1S/C29H61PS/c1-4-7-10-21-26-30(25-20-9-6-3,27-22-11-8-5-2)28-23-18-16-14-12-13-15-17-19-24-29-31/h4-29H2,1-3H3/p+1. The summed E-state index contributed by atoms with van der Waals surface area (Å²) >= 11 is 4.31. The lowest BCUT2D eigenvalue weighted by molar-refractivity contribution is 0.563. The van der Waals surface area contributed by atoms with E-state index in [1.165, 1.54) is 128 Å². The molecule has 0 aliphatic heterocycles. The minimum absolute atomic E-state index is 0.690. The Morgan fingerprint density at radius 2 is 0.613 bits per heavy atom. The molecule has 0 aromatic heterocycles. The largest absolute Gasteiger partial charge is 0.179 e. The average molecular weight is 474 g/mol. The molecule has 0 amide bonds. The molecule has 0 nitrogen and oxygen atoms in total. The zero-order valence-electron chi connectivity index (χ0n) is 22.3. The minimum Gasteiger partial charge on any atom is -0.179 e. The molecule has 0 radical (unpaired) electrons. The van der Waals surface area contributed by atoms with Gasteiger partial charge in [0.15, 0.2) is 0 Å². The molecule has 0 heterocycles. The van der Waals surface area contributed by atoms with E-state index < -0.39 is 7.26 Å². The fourth-order valence-electron chi connectivity index (χ4n) is 5.09. The first kappa shape index (κ1) is 31.8. The van der Waals surface area contributed by atoms with Gasteiger partial charge in [-0.3, -0.25) is 0 Å². The van der Waals surface area contributed by atoms with Crippen LogP contribution in [-0.2, 0) is 0 Å². The summed E-state index contributed by atoms with van der Waals surface area (Å²) in [6.07, 6.45) is 37.2. The summed E-state index contributed by atoms with van der Waals surface area (Å²) < 4.78 is 0. The predicted molar refractivity (Wildman–Crippen MR) is 154 cm³/mol. The predicted octanol–water partition coefficient (Wildman–Crippen LogP) is 11.2. The van der Waals surface area contributed by atoms with E-state index in [9.17, 15) is 0 Å². The molecule has 0 spiro atoms. The highest BCUT2D eigenvalue weighted by atomic mass is 32.1. The molecule has 0 N–H and O–H groups in total. The van der Waals surface area contributed by atoms with Gasteiger partial charge in [0.05, 0.1) is 24.6 Å². The van der Waals surface area contributed by atoms with Crippen LogP contribution in [-0.4, -0.2) is 30.4 Å². The van der Waals surface area contributed by atoms with Crippen molar-refractivity contribution in [3.8, 4) is 0 Å². The third-order valence-corrected chi connectivity index (χ3v) is 12.6. The number of hydrogen-bond acceptors (Lipinski definition) is 1. The summed E-state index contributed by atoms with van der Waals surface area (Å²) in [5.41, 5.74) is 0. The highest BCUT2D eigenvalue weighted by Crippen LogP contribution is 2.61. The van der Waals surface area contributed by atoms with Crippen LogP contribution in [0.1, 0.15) is 156 Å². The van der Waals surface area contributed by atoms with Crippen molar-refractivity contribution < 1.29 is 0 Å². The third-order valence-electron chi connectivity index (χ3n) is 7.25. The van der Waals surface area contributed by atoms with Gasteiger partial charge in [-0.1, -0.05) is 104 Å². The molecule has 188 valence electrons. The van der Waals surface area contributed by atoms with Gasteiger partial charge in [0.2, 0.25) is 0 Å². The van der Waals surface area contributed by atoms with Crippen LogP contribution in [0.5, 0.6) is 0 Å². The van der Waals surface area contributed by atoms with Crippen LogP contribution in [0, 0.1) is 0 Å². The Morgan fingerprint density at radius 1 is 0.355 bits per heavy atom. The molecule has 0 rings (SSSR count). The number of thiol groups is 1. The molecule has 0 bridgehead atoms. The number of rotatable bonds is 26. The minimum atomic E-state index is -0.690. The van der Waals surface area contributed by atoms with E-state index in [1.807, 2.05) is 0 Å². The molecule has 0 aromatic carbocycles. The van der Waals surface area contributed by atoms with E-state index in [2.05, 4.69) is 33.4 Å². The van der Waals surface area contributed by atoms with Gasteiger partial charge < -0.3 is 0 Å². The van der Waals surface area contributed by atoms with Gasteiger partial charge in [-0.25, -0.2) is 0 Å². The summed E-state index contributed by atoms with van der Waals surface area (Å²) in [7, 11) is -0.690. The molecule has 31 heavy (non-hydrogen) atoms. The monoisotopic (exact) mass is 473 g/mol. The van der Waals surface area contributed by atoms with Crippen molar-refractivity contribution in [2.75, 3.05) is 30.4 Å². The van der Waals surface area contributed by atoms with Gasteiger partial charge >= 0.3 is 0 Å². The van der Waals surface area contributed by atoms with Crippen LogP contribution in [0.3, 0.4) is 0 Å². The van der Waals surface area contributed by atoms with Gasteiger partial charge in [-0.05, 0) is 57.1 Å². The normalized spacial score (nSPS) is 12.0. The zero-order valence-corrected chi connectivity index (χ0v) is 24.1. The molecule has 0 aromatic rings. The van der Waals surface area contributed by atoms with E-state index in [-0.39, 0.29) is 0 Å². The number of unbranched alkanes of at least 4 members (excludes halogenated alkanes) is 17. The summed E-state index contributed by atoms with van der Waals surface area (Å²) in [6, 6.07) is 0. The van der Waals surface area contributed by atoms with Crippen molar-refractivity contribution in [1.29, 1.82) is 0 Å². The molecule has 2 heteroatoms. The first-order chi connectivity index (χ1) is 15.2. The Morgan fingerprint density at radius 3 is 0.968 bits per heavy atom. The van der Waals surface area contributed by atoms with Gasteiger partial charge in [0, 0.05) is 7.26 Å². The average Bonchev–Trinajstić information content (AvgIpc) is 2.78. The van der Waals surface area contributed by atoms with E-state index in [0.717, 1.165) is 5.75 Å². The second-order valence-electron chi connectivity index (χ2n) is 10.3. The molecular formula is C29H62PS+. The fraction of sp³-hybridized carbons (Fsp3) is 1.00. The maximum absolute atomic E-state index is 4.31. The Labute approximate surface area is 205 Å². The Bertz CT molecular complexity index is 319. The highest BCUT2D eigenvalue weighted by Gasteiger charge is 2.34. The summed E-state index contributed by atoms with van der Waals surface area (Å²) in [6.45, 7) is 7.09. The van der Waals surface area contributed by atoms with Gasteiger partial charge in [-0.15, -0.1) is 0 Å². The summed E-state index contributed by atoms with van der Waals surface area (Å²) in [5.74, 6) is 1.07. The number of hydrogen-bond donors (Lipinski definition) is 1. The Balaban J connectivity index is 4.32. The Hall–Kier alpha value is 0.780. The molecule has 0 aliphatic rings. The lowest BCUT2D eigenvalue weighted by atomic mass is 10.1. The molecule has 0 atom stereocenters. The van der Waals surface area contributed by atoms with E-state index in [4.69, 9.17) is 0 Å². The summed E-state index contributed by atoms with van der Waals surface area (Å²) in [4.78, 5) is 0. The van der Waals surface area contributed by atoms with Crippen molar-refractivity contribution in [3.05, 3.63) is 0 Å². The maximum Gasteiger partial charge on any atom is 0.0594 e. The summed E-state index contributed by atoms with van der Waals surface area (Å²) in [5, 5.41) is 0. The van der Waals surface area contributed by atoms with Crippen molar-refractivity contribution >= 4 is 19.9 Å². The smallest absolute Gasteiger partial charge is 0.0594 e. The Kier molecular flexibility index (Phi) is 26.0. The van der Waals surface area contributed by atoms with Gasteiger partial charge in [-0.2, -0.15) is 12.6 Å². The van der Waals surface area contributed by atoms with Crippen molar-refractivity contribution in [2.24, 2.45) is 0 Å². The van der Waals surface area contributed by atoms with Crippen molar-refractivity contribution in [1.82, 2.24) is 0 Å². The second-order valence-corrected chi connectivity index (χ2v) is 15.2.